The van der Waals surface area contributed by atoms with Gasteiger partial charge in [-0.2, -0.15) is 0 Å². The molecule has 156 valence electrons. The van der Waals surface area contributed by atoms with Gasteiger partial charge in [-0.05, 0) is 47.9 Å². The number of aromatic carboxylic acids is 1. The molecule has 0 saturated heterocycles. The molecule has 4 aromatic rings. The fraction of sp³-hybridized carbons (Fsp3) is 0. The zero-order chi connectivity index (χ0) is 21.9. The molecule has 31 heavy (non-hydrogen) atoms. The third kappa shape index (κ3) is 3.22. The zero-order valence-electron chi connectivity index (χ0n) is 15.3. The molecule has 0 spiro atoms. The van der Waals surface area contributed by atoms with Crippen molar-refractivity contribution in [3.05, 3.63) is 48.0 Å². The largest absolute Gasteiger partial charge is 0.478 e. The Labute approximate surface area is 178 Å². The van der Waals surface area contributed by atoms with E-state index in [-0.39, 0.29) is 10.5 Å². The van der Waals surface area contributed by atoms with Crippen molar-refractivity contribution in [3.8, 4) is 22.5 Å². The smallest absolute Gasteiger partial charge is 0.335 e. The lowest BCUT2D eigenvalue weighted by molar-refractivity contribution is -0.432. The Kier molecular flexibility index (Phi) is 4.44. The Hall–Kier alpha value is -3.13. The van der Waals surface area contributed by atoms with E-state index >= 15 is 0 Å². The number of aromatic nitrogens is 2. The van der Waals surface area contributed by atoms with E-state index in [1.807, 2.05) is 0 Å². The molecular formula is C19H11N3O7S2. The highest BCUT2D eigenvalue weighted by atomic mass is 32.2. The van der Waals surface area contributed by atoms with Crippen molar-refractivity contribution in [3.63, 3.8) is 0 Å². The molecule has 0 bridgehead atoms. The molecule has 0 amide bonds. The molecule has 10 nitrogen and oxygen atoms in total. The molecule has 0 fully saturated rings. The third-order valence-electron chi connectivity index (χ3n) is 4.91. The van der Waals surface area contributed by atoms with Crippen LogP contribution in [0.2, 0.25) is 0 Å². The Bertz CT molecular complexity index is 1540. The fourth-order valence-electron chi connectivity index (χ4n) is 3.66. The summed E-state index contributed by atoms with van der Waals surface area (Å²) in [6.45, 7) is 0. The quantitative estimate of drug-likeness (QED) is 0.203. The normalized spacial score (nSPS) is 12.5. The van der Waals surface area contributed by atoms with Crippen LogP contribution in [0.5, 0.6) is 0 Å². The summed E-state index contributed by atoms with van der Waals surface area (Å²) in [6.07, 6.45) is 0. The number of benzene rings is 3. The molecule has 0 aliphatic heterocycles. The topological polar surface area (TPSA) is 162 Å². The first-order chi connectivity index (χ1) is 14.8. The zero-order valence-corrected chi connectivity index (χ0v) is 16.9. The van der Waals surface area contributed by atoms with Crippen LogP contribution in [-0.4, -0.2) is 34.7 Å². The third-order valence-corrected chi connectivity index (χ3v) is 6.36. The number of carbonyl (C=O) groups is 1. The monoisotopic (exact) mass is 457 g/mol. The van der Waals surface area contributed by atoms with Gasteiger partial charge in [0.15, 0.2) is 0 Å². The van der Waals surface area contributed by atoms with E-state index < -0.39 is 16.0 Å². The van der Waals surface area contributed by atoms with Gasteiger partial charge in [-0.25, -0.2) is 33.6 Å². The first-order valence-electron chi connectivity index (χ1n) is 8.61. The SMILES string of the molecule is NS(=O)(=O)c1cc2c3c(cc(SOOO)cc3c1)-c1nc3cc(C(=O)O)ccc3nc1-2. The molecule has 12 heteroatoms. The number of rotatable bonds is 5. The molecule has 0 atom stereocenters. The highest BCUT2D eigenvalue weighted by molar-refractivity contribution is 7.94. The average molecular weight is 457 g/mol. The minimum Gasteiger partial charge on any atom is -0.478 e. The van der Waals surface area contributed by atoms with E-state index in [1.54, 1.807) is 18.2 Å². The lowest BCUT2D eigenvalue weighted by Crippen LogP contribution is -2.12. The van der Waals surface area contributed by atoms with Gasteiger partial charge < -0.3 is 5.11 Å². The van der Waals surface area contributed by atoms with E-state index in [0.29, 0.717) is 61.3 Å². The van der Waals surface area contributed by atoms with Gasteiger partial charge in [0, 0.05) is 21.4 Å². The average Bonchev–Trinajstić information content (AvgIpc) is 3.03. The highest BCUT2D eigenvalue weighted by Crippen LogP contribution is 2.48. The summed E-state index contributed by atoms with van der Waals surface area (Å²) in [6, 6.07) is 10.6. The van der Waals surface area contributed by atoms with Crippen LogP contribution >= 0.6 is 12.0 Å². The van der Waals surface area contributed by atoms with Crippen molar-refractivity contribution in [2.24, 2.45) is 5.14 Å². The molecule has 1 aromatic heterocycles. The van der Waals surface area contributed by atoms with Crippen LogP contribution in [0.3, 0.4) is 0 Å². The van der Waals surface area contributed by atoms with E-state index in [1.165, 1.54) is 24.3 Å². The number of nitrogens with zero attached hydrogens (tertiary/aromatic N) is 2. The first-order valence-corrected chi connectivity index (χ1v) is 10.9. The van der Waals surface area contributed by atoms with Gasteiger partial charge in [-0.3, -0.25) is 0 Å². The van der Waals surface area contributed by atoms with E-state index in [4.69, 9.17) is 10.4 Å². The molecule has 1 heterocycles. The number of fused-ring (bicyclic) bond motifs is 4. The molecular weight excluding hydrogens is 446 g/mol. The molecule has 5 rings (SSSR count). The lowest BCUT2D eigenvalue weighted by Gasteiger charge is -2.07. The van der Waals surface area contributed by atoms with Crippen LogP contribution in [0.1, 0.15) is 10.4 Å². The summed E-state index contributed by atoms with van der Waals surface area (Å²) >= 11 is 0.707. The van der Waals surface area contributed by atoms with Gasteiger partial charge in [0.2, 0.25) is 10.0 Å². The molecule has 0 saturated carbocycles. The lowest BCUT2D eigenvalue weighted by atomic mass is 10.0. The van der Waals surface area contributed by atoms with E-state index in [0.717, 1.165) is 0 Å². The maximum atomic E-state index is 12.0. The predicted octanol–water partition coefficient (Wildman–Crippen LogP) is 3.20. The fourth-order valence-corrected chi connectivity index (χ4v) is 4.69. The van der Waals surface area contributed by atoms with Crippen LogP contribution in [0.4, 0.5) is 0 Å². The first kappa shape index (κ1) is 19.8. The summed E-state index contributed by atoms with van der Waals surface area (Å²) in [7, 11) is -4.01. The minimum atomic E-state index is -4.01. The molecule has 0 unspecified atom stereocenters. The van der Waals surface area contributed by atoms with Crippen molar-refractivity contribution in [1.82, 2.24) is 9.97 Å². The van der Waals surface area contributed by atoms with Crippen molar-refractivity contribution in [1.29, 1.82) is 0 Å². The summed E-state index contributed by atoms with van der Waals surface area (Å²) in [4.78, 5) is 20.9. The Morgan fingerprint density at radius 3 is 2.39 bits per heavy atom. The van der Waals surface area contributed by atoms with Gasteiger partial charge >= 0.3 is 5.97 Å². The second-order valence-electron chi connectivity index (χ2n) is 6.74. The summed E-state index contributed by atoms with van der Waals surface area (Å²) < 4.78 is 28.6. The summed E-state index contributed by atoms with van der Waals surface area (Å²) in [5, 5.41) is 28.0. The summed E-state index contributed by atoms with van der Waals surface area (Å²) in [5.41, 5.74) is 2.98. The predicted molar refractivity (Wildman–Crippen MR) is 110 cm³/mol. The van der Waals surface area contributed by atoms with Gasteiger partial charge in [-0.1, -0.05) is 5.04 Å². The Balaban J connectivity index is 1.85. The molecule has 0 radical (unpaired) electrons. The standard InChI is InChI=1S/C19H11N3O7S2/c20-31(26,27)11-4-9-3-10(30-29-28-25)6-12-16(9)13(7-11)18-17(12)22-15-5-8(19(23)24)1-2-14(15)21-18/h1-7,25H,(H,23,24)(H2,20,26,27). The van der Waals surface area contributed by atoms with Crippen LogP contribution in [0, 0.1) is 0 Å². The maximum absolute atomic E-state index is 12.0. The van der Waals surface area contributed by atoms with Gasteiger partial charge in [-0.15, -0.1) is 4.33 Å². The Morgan fingerprint density at radius 1 is 1.00 bits per heavy atom. The second-order valence-corrected chi connectivity index (χ2v) is 9.08. The van der Waals surface area contributed by atoms with Gasteiger partial charge in [0.05, 0.1) is 44.9 Å². The number of carboxylic acid groups (broad SMARTS) is 1. The number of primary sulfonamides is 1. The molecule has 1 aliphatic carbocycles. The number of sulfonamides is 1. The highest BCUT2D eigenvalue weighted by Gasteiger charge is 2.28. The van der Waals surface area contributed by atoms with Gasteiger partial charge in [0.25, 0.3) is 0 Å². The second kappa shape index (κ2) is 6.95. The number of hydrogen-bond donors (Lipinski definition) is 3. The molecule has 3 aromatic carbocycles. The summed E-state index contributed by atoms with van der Waals surface area (Å²) in [5.74, 6) is -1.09. The van der Waals surface area contributed by atoms with Crippen LogP contribution in [0.15, 0.2) is 52.3 Å². The molecule has 4 N–H and O–H groups in total. The van der Waals surface area contributed by atoms with Crippen LogP contribution < -0.4 is 5.14 Å². The van der Waals surface area contributed by atoms with Crippen LogP contribution in [-0.2, 0) is 19.4 Å². The van der Waals surface area contributed by atoms with Gasteiger partial charge in [0.1, 0.15) is 0 Å². The van der Waals surface area contributed by atoms with E-state index in [2.05, 4.69) is 19.3 Å². The minimum absolute atomic E-state index is 0.0664. The number of hydrogen-bond acceptors (Lipinski definition) is 9. The molecule has 1 aliphatic rings. The van der Waals surface area contributed by atoms with E-state index in [9.17, 15) is 18.3 Å². The van der Waals surface area contributed by atoms with Crippen molar-refractivity contribution in [2.45, 2.75) is 9.79 Å². The number of carboxylic acids is 1. The number of nitrogens with two attached hydrogens (primary N) is 1. The van der Waals surface area contributed by atoms with Crippen molar-refractivity contribution < 1.29 is 32.9 Å². The van der Waals surface area contributed by atoms with Crippen LogP contribution in [0.25, 0.3) is 44.3 Å². The van der Waals surface area contributed by atoms with Crippen molar-refractivity contribution in [2.75, 3.05) is 0 Å². The Morgan fingerprint density at radius 2 is 1.71 bits per heavy atom. The van der Waals surface area contributed by atoms with Crippen molar-refractivity contribution >= 4 is 49.8 Å². The maximum Gasteiger partial charge on any atom is 0.335 e.